The van der Waals surface area contributed by atoms with Crippen LogP contribution in [0.3, 0.4) is 0 Å². The van der Waals surface area contributed by atoms with Gasteiger partial charge in [0.05, 0.1) is 4.47 Å². The molecule has 2 N–H and O–H groups in total. The van der Waals surface area contributed by atoms with E-state index in [9.17, 15) is 13.2 Å². The Bertz CT molecular complexity index is 394. The van der Waals surface area contributed by atoms with Crippen molar-refractivity contribution in [3.63, 3.8) is 0 Å². The Morgan fingerprint density at radius 3 is 2.43 bits per heavy atom. The number of benzene rings is 1. The first-order valence-corrected chi connectivity index (χ1v) is 4.79. The Morgan fingerprint density at radius 1 is 1.36 bits per heavy atom. The van der Waals surface area contributed by atoms with Crippen LogP contribution in [0, 0.1) is 5.82 Å². The van der Waals surface area contributed by atoms with E-state index >= 15 is 0 Å². The van der Waals surface area contributed by atoms with Gasteiger partial charge in [0.1, 0.15) is 11.4 Å². The second-order valence-electron chi connectivity index (χ2n) is 3.45. The van der Waals surface area contributed by atoms with Gasteiger partial charge in [-0.05, 0) is 27.6 Å². The highest BCUT2D eigenvalue weighted by molar-refractivity contribution is 9.10. The first-order chi connectivity index (χ1) is 6.38. The molecule has 14 heavy (non-hydrogen) atoms. The van der Waals surface area contributed by atoms with Gasteiger partial charge in [0.25, 0.3) is 5.92 Å². The molecule has 1 unspecified atom stereocenters. The van der Waals surface area contributed by atoms with Gasteiger partial charge in [0.15, 0.2) is 0 Å². The molecule has 0 aromatic heterocycles. The van der Waals surface area contributed by atoms with Crippen LogP contribution >= 0.6 is 15.9 Å². The van der Waals surface area contributed by atoms with Crippen LogP contribution in [-0.2, 0) is 5.54 Å². The third-order valence-electron chi connectivity index (χ3n) is 2.46. The van der Waals surface area contributed by atoms with Crippen LogP contribution in [0.1, 0.15) is 12.0 Å². The minimum atomic E-state index is -2.93. The Labute approximate surface area is 87.2 Å². The fraction of sp³-hybridized carbons (Fsp3) is 0.333. The predicted octanol–water partition coefficient (Wildman–Crippen LogP) is 2.78. The minimum Gasteiger partial charge on any atom is -0.316 e. The highest BCUT2D eigenvalue weighted by atomic mass is 79.9. The SMILES string of the molecule is NC1(c2cccc(F)c2Br)CC1(F)F. The van der Waals surface area contributed by atoms with Crippen molar-refractivity contribution >= 4 is 15.9 Å². The van der Waals surface area contributed by atoms with Gasteiger partial charge >= 0.3 is 0 Å². The van der Waals surface area contributed by atoms with Gasteiger partial charge in [-0.15, -0.1) is 0 Å². The third kappa shape index (κ3) is 1.19. The summed E-state index contributed by atoms with van der Waals surface area (Å²) in [6, 6.07) is 3.98. The van der Waals surface area contributed by atoms with E-state index in [4.69, 9.17) is 5.73 Å². The van der Waals surface area contributed by atoms with Crippen molar-refractivity contribution < 1.29 is 13.2 Å². The van der Waals surface area contributed by atoms with Crippen LogP contribution in [0.25, 0.3) is 0 Å². The molecular weight excluding hydrogens is 259 g/mol. The summed E-state index contributed by atoms with van der Waals surface area (Å²) in [5, 5.41) is 0. The molecule has 1 aliphatic rings. The molecule has 1 atom stereocenters. The smallest absolute Gasteiger partial charge is 0.272 e. The fourth-order valence-corrected chi connectivity index (χ4v) is 2.06. The predicted molar refractivity (Wildman–Crippen MR) is 49.5 cm³/mol. The molecule has 1 saturated carbocycles. The van der Waals surface area contributed by atoms with E-state index in [1.54, 1.807) is 0 Å². The summed E-state index contributed by atoms with van der Waals surface area (Å²) < 4.78 is 38.9. The molecule has 1 aliphatic carbocycles. The van der Waals surface area contributed by atoms with Crippen LogP contribution in [-0.4, -0.2) is 5.92 Å². The van der Waals surface area contributed by atoms with Crippen molar-refractivity contribution in [3.8, 4) is 0 Å². The maximum Gasteiger partial charge on any atom is 0.272 e. The van der Waals surface area contributed by atoms with Crippen LogP contribution in [0.5, 0.6) is 0 Å². The monoisotopic (exact) mass is 265 g/mol. The Hall–Kier alpha value is -0.550. The van der Waals surface area contributed by atoms with Crippen molar-refractivity contribution in [2.75, 3.05) is 0 Å². The maximum absolute atomic E-state index is 13.0. The average Bonchev–Trinajstić information content (AvgIpc) is 2.58. The molecule has 0 heterocycles. The molecule has 1 aromatic carbocycles. The highest BCUT2D eigenvalue weighted by Gasteiger charge is 2.70. The lowest BCUT2D eigenvalue weighted by Gasteiger charge is -2.12. The molecule has 0 aliphatic heterocycles. The molecule has 0 saturated heterocycles. The molecule has 5 heteroatoms. The van der Waals surface area contributed by atoms with Gasteiger partial charge in [-0.3, -0.25) is 0 Å². The summed E-state index contributed by atoms with van der Waals surface area (Å²) in [5.41, 5.74) is 3.90. The standard InChI is InChI=1S/C9H7BrF3N/c10-7-5(2-1-3-6(7)11)8(14)4-9(8,12)13/h1-3H,4,14H2. The third-order valence-corrected chi connectivity index (χ3v) is 3.27. The largest absolute Gasteiger partial charge is 0.316 e. The summed E-state index contributed by atoms with van der Waals surface area (Å²) in [7, 11) is 0. The van der Waals surface area contributed by atoms with Gasteiger partial charge in [-0.25, -0.2) is 13.2 Å². The molecule has 1 fully saturated rings. The molecule has 2 rings (SSSR count). The van der Waals surface area contributed by atoms with E-state index in [1.807, 2.05) is 0 Å². The van der Waals surface area contributed by atoms with Crippen LogP contribution in [0.2, 0.25) is 0 Å². The molecule has 1 nitrogen and oxygen atoms in total. The summed E-state index contributed by atoms with van der Waals surface area (Å²) in [6.45, 7) is 0. The molecule has 0 bridgehead atoms. The van der Waals surface area contributed by atoms with Crippen molar-refractivity contribution in [2.24, 2.45) is 5.73 Å². The lowest BCUT2D eigenvalue weighted by atomic mass is 10.1. The Morgan fingerprint density at radius 2 is 1.93 bits per heavy atom. The Balaban J connectivity index is 2.49. The first kappa shape index (κ1) is 9.98. The van der Waals surface area contributed by atoms with Gasteiger partial charge in [-0.1, -0.05) is 12.1 Å². The molecule has 0 radical (unpaired) electrons. The molecule has 76 valence electrons. The number of hydrogen-bond donors (Lipinski definition) is 1. The van der Waals surface area contributed by atoms with Crippen molar-refractivity contribution in [3.05, 3.63) is 34.1 Å². The van der Waals surface area contributed by atoms with E-state index in [-0.39, 0.29) is 10.0 Å². The van der Waals surface area contributed by atoms with Crippen molar-refractivity contribution in [1.29, 1.82) is 0 Å². The first-order valence-electron chi connectivity index (χ1n) is 4.00. The van der Waals surface area contributed by atoms with Gasteiger partial charge in [-0.2, -0.15) is 0 Å². The van der Waals surface area contributed by atoms with Gasteiger partial charge in [0.2, 0.25) is 0 Å². The van der Waals surface area contributed by atoms with Crippen molar-refractivity contribution in [1.82, 2.24) is 0 Å². The minimum absolute atomic E-state index is 0.0275. The van der Waals surface area contributed by atoms with Crippen molar-refractivity contribution in [2.45, 2.75) is 17.9 Å². The van der Waals surface area contributed by atoms with Gasteiger partial charge in [0, 0.05) is 6.42 Å². The maximum atomic E-state index is 13.0. The van der Waals surface area contributed by atoms with Crippen LogP contribution in [0.15, 0.2) is 22.7 Å². The lowest BCUT2D eigenvalue weighted by Crippen LogP contribution is -2.27. The summed E-state index contributed by atoms with van der Waals surface area (Å²) in [6.07, 6.45) is -0.429. The molecule has 0 amide bonds. The lowest BCUT2D eigenvalue weighted by molar-refractivity contribution is 0.0889. The number of halogens is 4. The summed E-state index contributed by atoms with van der Waals surface area (Å²) >= 11 is 2.92. The van der Waals surface area contributed by atoms with Crippen LogP contribution < -0.4 is 5.73 Å². The normalized spacial score (nSPS) is 28.9. The number of alkyl halides is 2. The molecule has 0 spiro atoms. The quantitative estimate of drug-likeness (QED) is 0.831. The topological polar surface area (TPSA) is 26.0 Å². The van der Waals surface area contributed by atoms with E-state index in [2.05, 4.69) is 15.9 Å². The zero-order valence-corrected chi connectivity index (χ0v) is 8.61. The number of nitrogens with two attached hydrogens (primary N) is 1. The number of hydrogen-bond acceptors (Lipinski definition) is 1. The second kappa shape index (κ2) is 2.73. The van der Waals surface area contributed by atoms with E-state index in [1.165, 1.54) is 18.2 Å². The van der Waals surface area contributed by atoms with E-state index in [0.717, 1.165) is 0 Å². The van der Waals surface area contributed by atoms with E-state index in [0.29, 0.717) is 0 Å². The van der Waals surface area contributed by atoms with E-state index < -0.39 is 23.7 Å². The highest BCUT2D eigenvalue weighted by Crippen LogP contribution is 2.58. The average molecular weight is 266 g/mol. The zero-order chi connectivity index (χ0) is 10.6. The second-order valence-corrected chi connectivity index (χ2v) is 4.25. The Kier molecular flexibility index (Phi) is 1.95. The summed E-state index contributed by atoms with van der Waals surface area (Å²) in [5.74, 6) is -3.50. The fourth-order valence-electron chi connectivity index (χ4n) is 1.45. The molecular formula is C9H7BrF3N. The van der Waals surface area contributed by atoms with Gasteiger partial charge < -0.3 is 5.73 Å². The number of rotatable bonds is 1. The summed E-state index contributed by atoms with van der Waals surface area (Å²) in [4.78, 5) is 0. The zero-order valence-electron chi connectivity index (χ0n) is 7.03. The molecule has 1 aromatic rings. The van der Waals surface area contributed by atoms with Crippen LogP contribution in [0.4, 0.5) is 13.2 Å².